The molecule has 1 amide bonds. The van der Waals surface area contributed by atoms with Gasteiger partial charge in [0, 0.05) is 12.0 Å². The SMILES string of the molecule is COc1ccc(C(=O)NC([NH2+]CCc2ccccc2)C(Cl)(Cl)Cl)cc1. The maximum Gasteiger partial charge on any atom is 0.262 e. The van der Waals surface area contributed by atoms with Crippen molar-refractivity contribution < 1.29 is 14.8 Å². The van der Waals surface area contributed by atoms with Gasteiger partial charge in [0.25, 0.3) is 9.70 Å². The zero-order valence-corrected chi connectivity index (χ0v) is 16.0. The van der Waals surface area contributed by atoms with Crippen LogP contribution < -0.4 is 15.4 Å². The Morgan fingerprint density at radius 1 is 1.12 bits per heavy atom. The fourth-order valence-corrected chi connectivity index (χ4v) is 2.73. The second-order valence-electron chi connectivity index (χ2n) is 5.48. The Balaban J connectivity index is 1.95. The van der Waals surface area contributed by atoms with Gasteiger partial charge >= 0.3 is 0 Å². The molecule has 0 bridgehead atoms. The summed E-state index contributed by atoms with van der Waals surface area (Å²) < 4.78 is 3.45. The molecule has 0 saturated carbocycles. The highest BCUT2D eigenvalue weighted by Crippen LogP contribution is 2.27. The van der Waals surface area contributed by atoms with E-state index in [9.17, 15) is 4.79 Å². The van der Waals surface area contributed by atoms with Gasteiger partial charge < -0.3 is 10.1 Å². The van der Waals surface area contributed by atoms with E-state index >= 15 is 0 Å². The first-order valence-corrected chi connectivity index (χ1v) is 8.92. The molecule has 0 saturated heterocycles. The van der Waals surface area contributed by atoms with Crippen LogP contribution in [0.1, 0.15) is 15.9 Å². The Bertz CT molecular complexity index is 673. The lowest BCUT2D eigenvalue weighted by Crippen LogP contribution is -2.96. The quantitative estimate of drug-likeness (QED) is 0.553. The second kappa shape index (κ2) is 9.30. The molecule has 1 atom stereocenters. The minimum absolute atomic E-state index is 0.310. The number of nitrogens with two attached hydrogens (primary N) is 1. The number of benzene rings is 2. The van der Waals surface area contributed by atoms with Gasteiger partial charge in [-0.3, -0.25) is 10.1 Å². The van der Waals surface area contributed by atoms with Crippen LogP contribution in [0.3, 0.4) is 0 Å². The third-order valence-corrected chi connectivity index (χ3v) is 4.37. The van der Waals surface area contributed by atoms with Crippen molar-refractivity contribution in [3.05, 3.63) is 65.7 Å². The highest BCUT2D eigenvalue weighted by molar-refractivity contribution is 6.68. The van der Waals surface area contributed by atoms with Crippen LogP contribution in [0.25, 0.3) is 0 Å². The number of carbonyl (C=O) groups excluding carboxylic acids is 1. The average Bonchev–Trinajstić information content (AvgIpc) is 2.61. The van der Waals surface area contributed by atoms with Crippen molar-refractivity contribution in [2.75, 3.05) is 13.7 Å². The summed E-state index contributed by atoms with van der Waals surface area (Å²) in [6.45, 7) is 0.672. The normalized spacial score (nSPS) is 12.5. The van der Waals surface area contributed by atoms with Gasteiger partial charge in [-0.25, -0.2) is 0 Å². The Morgan fingerprint density at radius 3 is 2.32 bits per heavy atom. The van der Waals surface area contributed by atoms with E-state index in [-0.39, 0.29) is 5.91 Å². The van der Waals surface area contributed by atoms with Crippen LogP contribution in [-0.2, 0) is 6.42 Å². The first-order valence-electron chi connectivity index (χ1n) is 7.79. The van der Waals surface area contributed by atoms with E-state index in [4.69, 9.17) is 39.5 Å². The lowest BCUT2D eigenvalue weighted by atomic mass is 10.1. The minimum Gasteiger partial charge on any atom is -0.497 e. The predicted octanol–water partition coefficient (Wildman–Crippen LogP) is 2.93. The van der Waals surface area contributed by atoms with E-state index in [0.717, 1.165) is 6.42 Å². The summed E-state index contributed by atoms with van der Waals surface area (Å²) in [5.74, 6) is 0.360. The Kier molecular flexibility index (Phi) is 7.38. The summed E-state index contributed by atoms with van der Waals surface area (Å²) in [6, 6.07) is 16.7. The molecule has 0 aliphatic carbocycles. The number of methoxy groups -OCH3 is 1. The molecule has 0 aliphatic rings. The van der Waals surface area contributed by atoms with E-state index < -0.39 is 9.96 Å². The first-order chi connectivity index (χ1) is 11.9. The smallest absolute Gasteiger partial charge is 0.262 e. The van der Waals surface area contributed by atoms with Crippen molar-refractivity contribution in [3.8, 4) is 5.75 Å². The molecule has 134 valence electrons. The molecule has 0 heterocycles. The topological polar surface area (TPSA) is 54.9 Å². The summed E-state index contributed by atoms with van der Waals surface area (Å²) in [5, 5.41) is 4.59. The number of ether oxygens (including phenoxy) is 1. The highest BCUT2D eigenvalue weighted by Gasteiger charge is 2.37. The van der Waals surface area contributed by atoms with E-state index in [0.29, 0.717) is 17.9 Å². The maximum absolute atomic E-state index is 12.4. The summed E-state index contributed by atoms with van der Waals surface area (Å²) in [7, 11) is 1.57. The zero-order chi connectivity index (χ0) is 18.3. The van der Waals surface area contributed by atoms with Crippen LogP contribution in [0, 0.1) is 0 Å². The lowest BCUT2D eigenvalue weighted by molar-refractivity contribution is -0.691. The van der Waals surface area contributed by atoms with Crippen molar-refractivity contribution in [1.29, 1.82) is 0 Å². The molecule has 0 spiro atoms. The number of alkyl halides is 3. The molecule has 0 aromatic heterocycles. The number of carbonyl (C=O) groups is 1. The Labute approximate surface area is 162 Å². The maximum atomic E-state index is 12.4. The summed E-state index contributed by atoms with van der Waals surface area (Å²) in [4.78, 5) is 12.4. The summed E-state index contributed by atoms with van der Waals surface area (Å²) >= 11 is 18.1. The Hall–Kier alpha value is -1.46. The third-order valence-electron chi connectivity index (χ3n) is 3.67. The van der Waals surface area contributed by atoms with Crippen LogP contribution >= 0.6 is 34.8 Å². The third kappa shape index (κ3) is 6.40. The van der Waals surface area contributed by atoms with Gasteiger partial charge in [-0.1, -0.05) is 65.1 Å². The predicted molar refractivity (Wildman–Crippen MR) is 101 cm³/mol. The molecule has 0 aliphatic heterocycles. The minimum atomic E-state index is -1.63. The number of amides is 1. The van der Waals surface area contributed by atoms with Crippen molar-refractivity contribution in [2.45, 2.75) is 16.4 Å². The van der Waals surface area contributed by atoms with E-state index in [2.05, 4.69) is 5.32 Å². The molecular weight excluding hydrogens is 383 g/mol. The molecule has 0 fully saturated rings. The van der Waals surface area contributed by atoms with E-state index in [1.807, 2.05) is 35.6 Å². The average molecular weight is 403 g/mol. The van der Waals surface area contributed by atoms with Gasteiger partial charge in [0.15, 0.2) is 0 Å². The van der Waals surface area contributed by atoms with Gasteiger partial charge in [0.1, 0.15) is 5.75 Å². The molecule has 3 N–H and O–H groups in total. The lowest BCUT2D eigenvalue weighted by Gasteiger charge is -2.23. The molecule has 1 unspecified atom stereocenters. The molecule has 7 heteroatoms. The number of hydrogen-bond donors (Lipinski definition) is 2. The largest absolute Gasteiger partial charge is 0.497 e. The van der Waals surface area contributed by atoms with Crippen LogP contribution in [0.5, 0.6) is 5.75 Å². The zero-order valence-electron chi connectivity index (χ0n) is 13.7. The van der Waals surface area contributed by atoms with Gasteiger partial charge in [-0.2, -0.15) is 0 Å². The number of halogens is 3. The van der Waals surface area contributed by atoms with Gasteiger partial charge in [0.05, 0.1) is 13.7 Å². The fraction of sp³-hybridized carbons (Fsp3) is 0.278. The number of rotatable bonds is 7. The molecule has 25 heavy (non-hydrogen) atoms. The van der Waals surface area contributed by atoms with Crippen molar-refractivity contribution in [3.63, 3.8) is 0 Å². The second-order valence-corrected chi connectivity index (χ2v) is 7.85. The molecule has 0 radical (unpaired) electrons. The van der Waals surface area contributed by atoms with Crippen molar-refractivity contribution in [2.24, 2.45) is 0 Å². The Morgan fingerprint density at radius 2 is 1.76 bits per heavy atom. The van der Waals surface area contributed by atoms with E-state index in [1.165, 1.54) is 5.56 Å². The van der Waals surface area contributed by atoms with Crippen LogP contribution in [0.15, 0.2) is 54.6 Å². The van der Waals surface area contributed by atoms with Crippen LogP contribution in [0.4, 0.5) is 0 Å². The monoisotopic (exact) mass is 401 g/mol. The molecule has 4 nitrogen and oxygen atoms in total. The highest BCUT2D eigenvalue weighted by atomic mass is 35.6. The van der Waals surface area contributed by atoms with Gasteiger partial charge in [0.2, 0.25) is 6.17 Å². The number of quaternary nitrogens is 1. The number of hydrogen-bond acceptors (Lipinski definition) is 2. The van der Waals surface area contributed by atoms with Crippen molar-refractivity contribution >= 4 is 40.7 Å². The molecule has 2 rings (SSSR count). The van der Waals surface area contributed by atoms with Crippen LogP contribution in [-0.4, -0.2) is 29.5 Å². The molecule has 2 aromatic carbocycles. The molecule has 2 aromatic rings. The van der Waals surface area contributed by atoms with Crippen molar-refractivity contribution in [1.82, 2.24) is 5.32 Å². The van der Waals surface area contributed by atoms with E-state index in [1.54, 1.807) is 31.4 Å². The van der Waals surface area contributed by atoms with Crippen LogP contribution in [0.2, 0.25) is 0 Å². The van der Waals surface area contributed by atoms with Gasteiger partial charge in [-0.05, 0) is 29.8 Å². The molecular formula is C18H20Cl3N2O2+. The summed E-state index contributed by atoms with van der Waals surface area (Å²) in [5.41, 5.74) is 1.65. The summed E-state index contributed by atoms with van der Waals surface area (Å²) in [6.07, 6.45) is 0.104. The van der Waals surface area contributed by atoms with Gasteiger partial charge in [-0.15, -0.1) is 0 Å². The fourth-order valence-electron chi connectivity index (χ4n) is 2.30. The standard InChI is InChI=1S/C18H19Cl3N2O2/c1-25-15-9-7-14(8-10-15)16(24)23-17(18(19,20)21)22-12-11-13-5-3-2-4-6-13/h2-10,17,22H,11-12H2,1H3,(H,23,24)/p+1. The number of nitrogens with one attached hydrogen (secondary N) is 1. The first kappa shape index (κ1) is 19.9.